The summed E-state index contributed by atoms with van der Waals surface area (Å²) in [6, 6.07) is 3.84. The van der Waals surface area contributed by atoms with Crippen LogP contribution < -0.4 is 4.90 Å². The van der Waals surface area contributed by atoms with Crippen LogP contribution in [0.5, 0.6) is 0 Å². The zero-order valence-corrected chi connectivity index (χ0v) is 12.1. The molecule has 2 rings (SSSR count). The highest BCUT2D eigenvalue weighted by Crippen LogP contribution is 2.22. The van der Waals surface area contributed by atoms with Crippen molar-refractivity contribution in [3.05, 3.63) is 23.4 Å². The van der Waals surface area contributed by atoms with Crippen LogP contribution in [0.3, 0.4) is 0 Å². The molecule has 0 bridgehead atoms. The lowest BCUT2D eigenvalue weighted by molar-refractivity contribution is 0.566. The lowest BCUT2D eigenvalue weighted by Gasteiger charge is -2.34. The van der Waals surface area contributed by atoms with E-state index in [2.05, 4.69) is 4.98 Å². The van der Waals surface area contributed by atoms with Crippen LogP contribution in [-0.4, -0.2) is 37.5 Å². The Kier molecular flexibility index (Phi) is 3.82. The fraction of sp³-hybridized carbons (Fsp3) is 0.583. The van der Waals surface area contributed by atoms with Crippen molar-refractivity contribution >= 4 is 27.3 Å². The molecule has 0 saturated carbocycles. The summed E-state index contributed by atoms with van der Waals surface area (Å²) in [4.78, 5) is 6.52. The second kappa shape index (κ2) is 5.05. The number of nitrogens with zero attached hydrogens (tertiary/aromatic N) is 2. The molecule has 1 aliphatic heterocycles. The maximum absolute atomic E-state index is 11.6. The molecule has 1 aliphatic rings. The second-order valence-corrected chi connectivity index (χ2v) is 7.26. The molecule has 1 saturated heterocycles. The molecule has 1 fully saturated rings. The van der Waals surface area contributed by atoms with Crippen molar-refractivity contribution in [1.29, 1.82) is 0 Å². The normalized spacial score (nSPS) is 23.1. The van der Waals surface area contributed by atoms with E-state index in [9.17, 15) is 8.42 Å². The molecule has 1 aromatic rings. The second-order valence-electron chi connectivity index (χ2n) is 4.77. The van der Waals surface area contributed by atoms with Crippen LogP contribution in [0.1, 0.15) is 18.2 Å². The summed E-state index contributed by atoms with van der Waals surface area (Å²) < 4.78 is 23.1. The zero-order chi connectivity index (χ0) is 13.3. The molecule has 100 valence electrons. The minimum atomic E-state index is -2.89. The van der Waals surface area contributed by atoms with Crippen molar-refractivity contribution in [2.24, 2.45) is 0 Å². The molecular formula is C12H17ClN2O2S. The molecule has 0 N–H and O–H groups in total. The van der Waals surface area contributed by atoms with E-state index in [4.69, 9.17) is 11.6 Å². The average molecular weight is 289 g/mol. The van der Waals surface area contributed by atoms with Gasteiger partial charge >= 0.3 is 0 Å². The van der Waals surface area contributed by atoms with Gasteiger partial charge in [0.25, 0.3) is 0 Å². The number of anilines is 1. The molecule has 0 spiro atoms. The van der Waals surface area contributed by atoms with Crippen LogP contribution in [-0.2, 0) is 15.7 Å². The van der Waals surface area contributed by atoms with E-state index in [1.165, 1.54) is 0 Å². The van der Waals surface area contributed by atoms with Gasteiger partial charge in [0.1, 0.15) is 5.82 Å². The number of aryl methyl sites for hydroxylation is 1. The maximum atomic E-state index is 11.6. The number of rotatable bonds is 2. The summed E-state index contributed by atoms with van der Waals surface area (Å²) in [6.45, 7) is 4.34. The Morgan fingerprint density at radius 1 is 1.50 bits per heavy atom. The Hall–Kier alpha value is -0.810. The maximum Gasteiger partial charge on any atom is 0.154 e. The monoisotopic (exact) mass is 288 g/mol. The van der Waals surface area contributed by atoms with Gasteiger partial charge in [-0.1, -0.05) is 0 Å². The molecule has 1 unspecified atom stereocenters. The average Bonchev–Trinajstić information content (AvgIpc) is 2.26. The summed E-state index contributed by atoms with van der Waals surface area (Å²) >= 11 is 5.85. The van der Waals surface area contributed by atoms with E-state index in [-0.39, 0.29) is 17.5 Å². The molecule has 18 heavy (non-hydrogen) atoms. The number of aromatic nitrogens is 1. The van der Waals surface area contributed by atoms with Crippen molar-refractivity contribution in [1.82, 2.24) is 4.98 Å². The number of alkyl halides is 1. The van der Waals surface area contributed by atoms with Crippen LogP contribution in [0.25, 0.3) is 0 Å². The van der Waals surface area contributed by atoms with E-state index in [1.54, 1.807) is 0 Å². The SMILES string of the molecule is Cc1cc(CCl)cc(N2CCS(=O)(=O)CC2C)n1. The van der Waals surface area contributed by atoms with Gasteiger partial charge in [-0.25, -0.2) is 13.4 Å². The molecule has 2 heterocycles. The molecule has 4 nitrogen and oxygen atoms in total. The molecule has 0 aromatic carbocycles. The minimum Gasteiger partial charge on any atom is -0.352 e. The van der Waals surface area contributed by atoms with Gasteiger partial charge in [-0.15, -0.1) is 11.6 Å². The van der Waals surface area contributed by atoms with Crippen molar-refractivity contribution < 1.29 is 8.42 Å². The standard InChI is InChI=1S/C12H17ClN2O2S/c1-9-5-11(7-13)6-12(14-9)15-3-4-18(16,17)8-10(15)2/h5-6,10H,3-4,7-8H2,1-2H3. The van der Waals surface area contributed by atoms with E-state index in [1.807, 2.05) is 30.9 Å². The van der Waals surface area contributed by atoms with Gasteiger partial charge in [0, 0.05) is 24.2 Å². The minimum absolute atomic E-state index is 0.0405. The van der Waals surface area contributed by atoms with Crippen LogP contribution in [0.15, 0.2) is 12.1 Å². The quantitative estimate of drug-likeness (QED) is 0.778. The van der Waals surface area contributed by atoms with Gasteiger partial charge in [-0.2, -0.15) is 0 Å². The highest BCUT2D eigenvalue weighted by molar-refractivity contribution is 7.91. The van der Waals surface area contributed by atoms with Crippen LogP contribution in [0.4, 0.5) is 5.82 Å². The fourth-order valence-corrected chi connectivity index (χ4v) is 4.00. The van der Waals surface area contributed by atoms with Crippen LogP contribution in [0, 0.1) is 6.92 Å². The Balaban J connectivity index is 2.29. The largest absolute Gasteiger partial charge is 0.352 e. The van der Waals surface area contributed by atoms with Gasteiger partial charge in [-0.05, 0) is 31.5 Å². The molecular weight excluding hydrogens is 272 g/mol. The number of hydrogen-bond acceptors (Lipinski definition) is 4. The van der Waals surface area contributed by atoms with Gasteiger partial charge in [-0.3, -0.25) is 0 Å². The fourth-order valence-electron chi connectivity index (χ4n) is 2.28. The molecule has 0 aliphatic carbocycles. The third kappa shape index (κ3) is 2.95. The van der Waals surface area contributed by atoms with Gasteiger partial charge in [0.15, 0.2) is 9.84 Å². The van der Waals surface area contributed by atoms with E-state index >= 15 is 0 Å². The molecule has 6 heteroatoms. The third-order valence-corrected chi connectivity index (χ3v) is 5.22. The van der Waals surface area contributed by atoms with Gasteiger partial charge in [0.05, 0.1) is 11.5 Å². The van der Waals surface area contributed by atoms with E-state index in [0.29, 0.717) is 12.4 Å². The Morgan fingerprint density at radius 2 is 2.22 bits per heavy atom. The first-order chi connectivity index (χ1) is 8.41. The van der Waals surface area contributed by atoms with E-state index < -0.39 is 9.84 Å². The van der Waals surface area contributed by atoms with Crippen molar-refractivity contribution in [3.63, 3.8) is 0 Å². The zero-order valence-electron chi connectivity index (χ0n) is 10.6. The van der Waals surface area contributed by atoms with Crippen LogP contribution in [0.2, 0.25) is 0 Å². The predicted octanol–water partition coefficient (Wildman–Crippen LogP) is 1.75. The predicted molar refractivity (Wildman–Crippen MR) is 74.0 cm³/mol. The highest BCUT2D eigenvalue weighted by Gasteiger charge is 2.29. The van der Waals surface area contributed by atoms with Crippen LogP contribution >= 0.6 is 11.6 Å². The Morgan fingerprint density at radius 3 is 2.83 bits per heavy atom. The van der Waals surface area contributed by atoms with Crippen molar-refractivity contribution in [3.8, 4) is 0 Å². The van der Waals surface area contributed by atoms with Gasteiger partial charge in [0.2, 0.25) is 0 Å². The lowest BCUT2D eigenvalue weighted by Crippen LogP contribution is -2.47. The Bertz CT molecular complexity index is 545. The topological polar surface area (TPSA) is 50.3 Å². The molecule has 0 radical (unpaired) electrons. The third-order valence-electron chi connectivity index (χ3n) is 3.12. The summed E-state index contributed by atoms with van der Waals surface area (Å²) in [7, 11) is -2.89. The Labute approximate surface area is 113 Å². The number of sulfone groups is 1. The van der Waals surface area contributed by atoms with Gasteiger partial charge < -0.3 is 4.90 Å². The van der Waals surface area contributed by atoms with Crippen molar-refractivity contribution in [2.75, 3.05) is 23.0 Å². The first kappa shape index (κ1) is 13.6. The number of halogens is 1. The number of pyridine rings is 1. The molecule has 1 aromatic heterocycles. The summed E-state index contributed by atoms with van der Waals surface area (Å²) in [5.41, 5.74) is 1.92. The highest BCUT2D eigenvalue weighted by atomic mass is 35.5. The first-order valence-corrected chi connectivity index (χ1v) is 8.27. The smallest absolute Gasteiger partial charge is 0.154 e. The number of hydrogen-bond donors (Lipinski definition) is 0. The lowest BCUT2D eigenvalue weighted by atomic mass is 10.2. The molecule has 1 atom stereocenters. The summed E-state index contributed by atoms with van der Waals surface area (Å²) in [6.07, 6.45) is 0. The van der Waals surface area contributed by atoms with Crippen molar-refractivity contribution in [2.45, 2.75) is 25.8 Å². The van der Waals surface area contributed by atoms with E-state index in [0.717, 1.165) is 17.1 Å². The summed E-state index contributed by atoms with van der Waals surface area (Å²) in [5, 5.41) is 0. The summed E-state index contributed by atoms with van der Waals surface area (Å²) in [5.74, 6) is 1.66. The molecule has 0 amide bonds. The first-order valence-electron chi connectivity index (χ1n) is 5.92.